The second kappa shape index (κ2) is 8.83. The molecular weight excluding hydrogens is 295 g/mol. The van der Waals surface area contributed by atoms with Crippen LogP contribution < -0.4 is 0 Å². The fraction of sp³-hybridized carbons (Fsp3) is 0.652. The minimum atomic E-state index is -0.124. The molecule has 1 fully saturated rings. The topological polar surface area (TPSA) is 0 Å². The van der Waals surface area contributed by atoms with Crippen LogP contribution in [0.4, 0.5) is 4.39 Å². The Morgan fingerprint density at radius 3 is 2.29 bits per heavy atom. The predicted octanol–water partition coefficient (Wildman–Crippen LogP) is 7.41. The van der Waals surface area contributed by atoms with Crippen molar-refractivity contribution in [2.45, 2.75) is 83.5 Å². The lowest BCUT2D eigenvalue weighted by Gasteiger charge is -2.33. The molecule has 24 heavy (non-hydrogen) atoms. The number of halogens is 1. The van der Waals surface area contributed by atoms with Gasteiger partial charge in [0.15, 0.2) is 0 Å². The summed E-state index contributed by atoms with van der Waals surface area (Å²) in [6, 6.07) is 7.16. The second-order valence-electron chi connectivity index (χ2n) is 8.02. The van der Waals surface area contributed by atoms with Gasteiger partial charge in [-0.25, -0.2) is 4.39 Å². The number of rotatable bonds is 6. The Labute approximate surface area is 147 Å². The molecule has 1 aromatic carbocycles. The van der Waals surface area contributed by atoms with E-state index in [1.165, 1.54) is 69.8 Å². The summed E-state index contributed by atoms with van der Waals surface area (Å²) in [5.74, 6) is 2.34. The zero-order valence-electron chi connectivity index (χ0n) is 15.3. The summed E-state index contributed by atoms with van der Waals surface area (Å²) in [6.45, 7) is 2.30. The molecule has 0 bridgehead atoms. The SMILES string of the molecule is CCCCCC1CCC(C2=CCC(c3ccc(F)cc3)CC2)CC1. The zero-order chi connectivity index (χ0) is 16.8. The van der Waals surface area contributed by atoms with E-state index in [1.54, 1.807) is 17.7 Å². The number of benzene rings is 1. The van der Waals surface area contributed by atoms with Crippen molar-refractivity contribution in [3.63, 3.8) is 0 Å². The van der Waals surface area contributed by atoms with Gasteiger partial charge in [0.05, 0.1) is 0 Å². The van der Waals surface area contributed by atoms with Crippen molar-refractivity contribution in [2.75, 3.05) is 0 Å². The van der Waals surface area contributed by atoms with E-state index in [4.69, 9.17) is 0 Å². The zero-order valence-corrected chi connectivity index (χ0v) is 15.3. The first-order chi connectivity index (χ1) is 11.8. The lowest BCUT2D eigenvalue weighted by atomic mass is 9.73. The van der Waals surface area contributed by atoms with Gasteiger partial charge in [0.2, 0.25) is 0 Å². The summed E-state index contributed by atoms with van der Waals surface area (Å²) in [5.41, 5.74) is 3.05. The molecule has 1 heteroatoms. The molecule has 0 heterocycles. The van der Waals surface area contributed by atoms with E-state index < -0.39 is 0 Å². The third-order valence-electron chi connectivity index (χ3n) is 6.37. The quantitative estimate of drug-likeness (QED) is 0.377. The molecule has 1 aromatic rings. The van der Waals surface area contributed by atoms with Gasteiger partial charge in [0.1, 0.15) is 5.82 Å². The average molecular weight is 329 g/mol. The van der Waals surface area contributed by atoms with Crippen LogP contribution in [0.2, 0.25) is 0 Å². The highest BCUT2D eigenvalue weighted by molar-refractivity contribution is 5.24. The van der Waals surface area contributed by atoms with Gasteiger partial charge in [-0.05, 0) is 80.4 Å². The lowest BCUT2D eigenvalue weighted by molar-refractivity contribution is 0.275. The molecule has 0 spiro atoms. The van der Waals surface area contributed by atoms with Crippen molar-refractivity contribution < 1.29 is 4.39 Å². The second-order valence-corrected chi connectivity index (χ2v) is 8.02. The molecule has 1 atom stereocenters. The fourth-order valence-electron chi connectivity index (χ4n) is 4.77. The normalized spacial score (nSPS) is 27.8. The van der Waals surface area contributed by atoms with Crippen molar-refractivity contribution in [1.29, 1.82) is 0 Å². The third-order valence-corrected chi connectivity index (χ3v) is 6.37. The highest BCUT2D eigenvalue weighted by Gasteiger charge is 2.26. The monoisotopic (exact) mass is 328 g/mol. The number of unbranched alkanes of at least 4 members (excludes halogenated alkanes) is 2. The first kappa shape index (κ1) is 17.7. The van der Waals surface area contributed by atoms with Crippen molar-refractivity contribution >= 4 is 0 Å². The summed E-state index contributed by atoms with van der Waals surface area (Å²) in [7, 11) is 0. The third kappa shape index (κ3) is 4.71. The molecule has 3 rings (SSSR count). The molecule has 0 amide bonds. The van der Waals surface area contributed by atoms with Gasteiger partial charge in [0, 0.05) is 0 Å². The van der Waals surface area contributed by atoms with Crippen LogP contribution in [0.1, 0.15) is 89.0 Å². The van der Waals surface area contributed by atoms with E-state index in [-0.39, 0.29) is 5.82 Å². The van der Waals surface area contributed by atoms with Crippen LogP contribution in [0.15, 0.2) is 35.9 Å². The van der Waals surface area contributed by atoms with Gasteiger partial charge >= 0.3 is 0 Å². The molecule has 0 aromatic heterocycles. The van der Waals surface area contributed by atoms with E-state index in [0.717, 1.165) is 18.3 Å². The van der Waals surface area contributed by atoms with E-state index in [0.29, 0.717) is 5.92 Å². The van der Waals surface area contributed by atoms with Crippen LogP contribution in [0.25, 0.3) is 0 Å². The molecule has 0 saturated heterocycles. The van der Waals surface area contributed by atoms with Gasteiger partial charge in [-0.1, -0.05) is 56.4 Å². The van der Waals surface area contributed by atoms with Crippen LogP contribution in [0, 0.1) is 17.7 Å². The minimum absolute atomic E-state index is 0.124. The molecule has 0 N–H and O–H groups in total. The maximum Gasteiger partial charge on any atom is 0.123 e. The summed E-state index contributed by atoms with van der Waals surface area (Å²) >= 11 is 0. The van der Waals surface area contributed by atoms with Crippen molar-refractivity contribution in [2.24, 2.45) is 11.8 Å². The first-order valence-electron chi connectivity index (χ1n) is 10.2. The van der Waals surface area contributed by atoms with Crippen LogP contribution in [-0.4, -0.2) is 0 Å². The number of hydrogen-bond donors (Lipinski definition) is 0. The van der Waals surface area contributed by atoms with Crippen LogP contribution >= 0.6 is 0 Å². The molecule has 1 unspecified atom stereocenters. The van der Waals surface area contributed by atoms with Gasteiger partial charge in [-0.15, -0.1) is 0 Å². The number of allylic oxidation sites excluding steroid dienone is 2. The van der Waals surface area contributed by atoms with Gasteiger partial charge < -0.3 is 0 Å². The van der Waals surface area contributed by atoms with E-state index in [9.17, 15) is 4.39 Å². The van der Waals surface area contributed by atoms with E-state index in [1.807, 2.05) is 12.1 Å². The van der Waals surface area contributed by atoms with Crippen LogP contribution in [-0.2, 0) is 0 Å². The Hall–Kier alpha value is -1.11. The van der Waals surface area contributed by atoms with Gasteiger partial charge in [-0.3, -0.25) is 0 Å². The number of hydrogen-bond acceptors (Lipinski definition) is 0. The van der Waals surface area contributed by atoms with Crippen LogP contribution in [0.3, 0.4) is 0 Å². The van der Waals surface area contributed by atoms with Crippen molar-refractivity contribution in [1.82, 2.24) is 0 Å². The van der Waals surface area contributed by atoms with Crippen LogP contribution in [0.5, 0.6) is 0 Å². The molecule has 0 aliphatic heterocycles. The summed E-state index contributed by atoms with van der Waals surface area (Å²) in [4.78, 5) is 0. The molecule has 2 aliphatic rings. The highest BCUT2D eigenvalue weighted by Crippen LogP contribution is 2.41. The predicted molar refractivity (Wildman–Crippen MR) is 101 cm³/mol. The molecule has 132 valence electrons. The largest absolute Gasteiger partial charge is 0.207 e. The van der Waals surface area contributed by atoms with Gasteiger partial charge in [0.25, 0.3) is 0 Å². The Kier molecular flexibility index (Phi) is 6.51. The molecule has 0 nitrogen and oxygen atoms in total. The standard InChI is InChI=1S/C23H33F/c1-2-3-4-5-18-6-8-19(9-7-18)20-10-12-21(13-11-20)22-14-16-23(24)17-15-22/h10,14-19,21H,2-9,11-13H2,1H3. The van der Waals surface area contributed by atoms with E-state index in [2.05, 4.69) is 13.0 Å². The lowest BCUT2D eigenvalue weighted by Crippen LogP contribution is -2.18. The molecule has 1 saturated carbocycles. The molecule has 0 radical (unpaired) electrons. The summed E-state index contributed by atoms with van der Waals surface area (Å²) in [5, 5.41) is 0. The summed E-state index contributed by atoms with van der Waals surface area (Å²) in [6.07, 6.45) is 17.6. The Morgan fingerprint density at radius 2 is 1.67 bits per heavy atom. The fourth-order valence-corrected chi connectivity index (χ4v) is 4.77. The Balaban J connectivity index is 1.46. The highest BCUT2D eigenvalue weighted by atomic mass is 19.1. The Morgan fingerprint density at radius 1 is 0.917 bits per heavy atom. The van der Waals surface area contributed by atoms with Crippen molar-refractivity contribution in [3.8, 4) is 0 Å². The maximum atomic E-state index is 13.1. The molecular formula is C23H33F. The average Bonchev–Trinajstić information content (AvgIpc) is 2.63. The maximum absolute atomic E-state index is 13.1. The first-order valence-corrected chi connectivity index (χ1v) is 10.2. The van der Waals surface area contributed by atoms with Crippen molar-refractivity contribution in [3.05, 3.63) is 47.3 Å². The smallest absolute Gasteiger partial charge is 0.123 e. The minimum Gasteiger partial charge on any atom is -0.207 e. The van der Waals surface area contributed by atoms with E-state index >= 15 is 0 Å². The Bertz CT molecular complexity index is 519. The van der Waals surface area contributed by atoms with Gasteiger partial charge in [-0.2, -0.15) is 0 Å². The molecule has 2 aliphatic carbocycles. The summed E-state index contributed by atoms with van der Waals surface area (Å²) < 4.78 is 13.1.